The quantitative estimate of drug-likeness (QED) is 0.839. The first kappa shape index (κ1) is 14.5. The molecule has 2 atom stereocenters. The summed E-state index contributed by atoms with van der Waals surface area (Å²) in [6.45, 7) is 6.51. The molecule has 2 aromatic carbocycles. The Bertz CT molecular complexity index is 721. The second-order valence-electron chi connectivity index (χ2n) is 7.56. The summed E-state index contributed by atoms with van der Waals surface area (Å²) < 4.78 is 0. The van der Waals surface area contributed by atoms with Gasteiger partial charge in [-0.05, 0) is 40.9 Å². The van der Waals surface area contributed by atoms with Crippen molar-refractivity contribution in [1.82, 2.24) is 4.90 Å². The molecule has 0 unspecified atom stereocenters. The largest absolute Gasteiger partial charge is 0.338 e. The molecule has 118 valence electrons. The van der Waals surface area contributed by atoms with Crippen LogP contribution < -0.4 is 0 Å². The molecule has 0 spiro atoms. The van der Waals surface area contributed by atoms with Crippen LogP contribution in [0.15, 0.2) is 54.6 Å². The smallest absolute Gasteiger partial charge is 0.254 e. The first-order valence-corrected chi connectivity index (χ1v) is 8.48. The molecule has 0 N–H and O–H groups in total. The van der Waals surface area contributed by atoms with Crippen molar-refractivity contribution in [2.45, 2.75) is 20.3 Å². The zero-order valence-electron chi connectivity index (χ0n) is 13.8. The average molecular weight is 305 g/mol. The van der Waals surface area contributed by atoms with Gasteiger partial charge in [0.15, 0.2) is 0 Å². The summed E-state index contributed by atoms with van der Waals surface area (Å²) in [6.07, 6.45) is 0.814. The van der Waals surface area contributed by atoms with Crippen LogP contribution >= 0.6 is 0 Å². The van der Waals surface area contributed by atoms with Gasteiger partial charge >= 0.3 is 0 Å². The number of rotatable bonds is 3. The van der Waals surface area contributed by atoms with Crippen LogP contribution in [0.1, 0.15) is 35.3 Å². The Hall–Kier alpha value is -2.09. The van der Waals surface area contributed by atoms with Crippen LogP contribution in [0.3, 0.4) is 0 Å². The van der Waals surface area contributed by atoms with Crippen LogP contribution in [0.4, 0.5) is 0 Å². The van der Waals surface area contributed by atoms with E-state index in [1.807, 2.05) is 24.3 Å². The van der Waals surface area contributed by atoms with Crippen molar-refractivity contribution in [3.63, 3.8) is 0 Å². The highest BCUT2D eigenvalue weighted by Gasteiger charge is 2.62. The molecule has 2 heteroatoms. The third kappa shape index (κ3) is 2.46. The lowest BCUT2D eigenvalue weighted by atomic mass is 9.98. The van der Waals surface area contributed by atoms with E-state index in [4.69, 9.17) is 0 Å². The van der Waals surface area contributed by atoms with E-state index in [1.165, 1.54) is 5.56 Å². The summed E-state index contributed by atoms with van der Waals surface area (Å²) in [6, 6.07) is 18.4. The molecule has 2 nitrogen and oxygen atoms in total. The molecule has 1 aliphatic carbocycles. The highest BCUT2D eigenvalue weighted by Crippen LogP contribution is 2.62. The number of benzene rings is 2. The number of likely N-dealkylation sites (tertiary alicyclic amines) is 1. The molecule has 1 saturated carbocycles. The van der Waals surface area contributed by atoms with E-state index in [0.29, 0.717) is 17.3 Å². The summed E-state index contributed by atoms with van der Waals surface area (Å²) in [4.78, 5) is 15.0. The van der Waals surface area contributed by atoms with Gasteiger partial charge in [-0.15, -0.1) is 0 Å². The molecule has 4 rings (SSSR count). The monoisotopic (exact) mass is 305 g/mol. The van der Waals surface area contributed by atoms with Gasteiger partial charge in [0.05, 0.1) is 0 Å². The van der Waals surface area contributed by atoms with E-state index in [1.54, 1.807) is 0 Å². The molecular formula is C21H23NO. The van der Waals surface area contributed by atoms with E-state index in [9.17, 15) is 4.79 Å². The van der Waals surface area contributed by atoms with Gasteiger partial charge in [-0.25, -0.2) is 0 Å². The minimum atomic E-state index is 0.208. The van der Waals surface area contributed by atoms with Crippen LogP contribution in [0.25, 0.3) is 0 Å². The Kier molecular flexibility index (Phi) is 3.29. The maximum Gasteiger partial charge on any atom is 0.254 e. The van der Waals surface area contributed by atoms with Crippen LogP contribution in [0, 0.1) is 17.3 Å². The van der Waals surface area contributed by atoms with Gasteiger partial charge in [0.1, 0.15) is 0 Å². The van der Waals surface area contributed by atoms with E-state index >= 15 is 0 Å². The summed E-state index contributed by atoms with van der Waals surface area (Å²) in [5.74, 6) is 1.61. The van der Waals surface area contributed by atoms with Crippen LogP contribution in [-0.4, -0.2) is 23.9 Å². The van der Waals surface area contributed by atoms with Crippen molar-refractivity contribution in [3.8, 4) is 0 Å². The molecule has 2 fully saturated rings. The number of fused-ring (bicyclic) bond motifs is 1. The maximum atomic E-state index is 13.0. The fraction of sp³-hybridized carbons (Fsp3) is 0.381. The predicted molar refractivity (Wildman–Crippen MR) is 92.4 cm³/mol. The lowest BCUT2D eigenvalue weighted by molar-refractivity contribution is 0.0757. The fourth-order valence-corrected chi connectivity index (χ4v) is 4.17. The van der Waals surface area contributed by atoms with Gasteiger partial charge in [0.25, 0.3) is 5.91 Å². The van der Waals surface area contributed by atoms with E-state index < -0.39 is 0 Å². The Morgan fingerprint density at radius 1 is 1.00 bits per heavy atom. The van der Waals surface area contributed by atoms with Gasteiger partial charge in [0.2, 0.25) is 0 Å². The molecule has 0 radical (unpaired) electrons. The summed E-state index contributed by atoms with van der Waals surface area (Å²) >= 11 is 0. The summed E-state index contributed by atoms with van der Waals surface area (Å²) in [5, 5.41) is 0. The van der Waals surface area contributed by atoms with Crippen molar-refractivity contribution in [2.75, 3.05) is 13.1 Å². The van der Waals surface area contributed by atoms with Crippen molar-refractivity contribution in [1.29, 1.82) is 0 Å². The van der Waals surface area contributed by atoms with E-state index in [0.717, 1.165) is 30.6 Å². The second kappa shape index (κ2) is 5.23. The molecule has 0 bridgehead atoms. The minimum absolute atomic E-state index is 0.208. The Balaban J connectivity index is 1.54. The number of amides is 1. The van der Waals surface area contributed by atoms with E-state index in [-0.39, 0.29) is 5.91 Å². The topological polar surface area (TPSA) is 20.3 Å². The van der Waals surface area contributed by atoms with Crippen LogP contribution in [-0.2, 0) is 6.42 Å². The van der Waals surface area contributed by atoms with E-state index in [2.05, 4.69) is 49.1 Å². The number of carbonyl (C=O) groups is 1. The third-order valence-electron chi connectivity index (χ3n) is 5.89. The molecule has 1 saturated heterocycles. The number of piperidine rings is 1. The standard InChI is InChI=1S/C21H23NO/c1-21(2)18-13-22(14-19(18)21)20(23)17-11-7-6-10-16(17)12-15-8-4-3-5-9-15/h3-11,18-19H,12-14H2,1-2H3/t18-,19-/m0/s1. The molecule has 2 aromatic rings. The lowest BCUT2D eigenvalue weighted by Crippen LogP contribution is -2.33. The van der Waals surface area contributed by atoms with Gasteiger partial charge in [-0.2, -0.15) is 0 Å². The first-order valence-electron chi connectivity index (χ1n) is 8.48. The zero-order valence-corrected chi connectivity index (χ0v) is 13.8. The first-order chi connectivity index (χ1) is 11.1. The maximum absolute atomic E-state index is 13.0. The summed E-state index contributed by atoms with van der Waals surface area (Å²) in [5.41, 5.74) is 3.69. The molecular weight excluding hydrogens is 282 g/mol. The lowest BCUT2D eigenvalue weighted by Gasteiger charge is -2.23. The molecule has 1 aliphatic heterocycles. The molecule has 1 amide bonds. The van der Waals surface area contributed by atoms with Gasteiger partial charge < -0.3 is 4.90 Å². The Morgan fingerprint density at radius 3 is 2.30 bits per heavy atom. The van der Waals surface area contributed by atoms with Gasteiger partial charge in [0, 0.05) is 18.7 Å². The van der Waals surface area contributed by atoms with Gasteiger partial charge in [-0.1, -0.05) is 62.4 Å². The van der Waals surface area contributed by atoms with Gasteiger partial charge in [-0.3, -0.25) is 4.79 Å². The van der Waals surface area contributed by atoms with Crippen molar-refractivity contribution in [2.24, 2.45) is 17.3 Å². The predicted octanol–water partition coefficient (Wildman–Crippen LogP) is 4.01. The Morgan fingerprint density at radius 2 is 1.61 bits per heavy atom. The molecule has 23 heavy (non-hydrogen) atoms. The minimum Gasteiger partial charge on any atom is -0.338 e. The SMILES string of the molecule is CC1(C)[C@H]2CN(C(=O)c3ccccc3Cc3ccccc3)C[C@@H]21. The Labute approximate surface area is 138 Å². The molecule has 1 heterocycles. The zero-order chi connectivity index (χ0) is 16.0. The number of carbonyl (C=O) groups excluding carboxylic acids is 1. The van der Waals surface area contributed by atoms with Crippen molar-refractivity contribution >= 4 is 5.91 Å². The van der Waals surface area contributed by atoms with Crippen molar-refractivity contribution in [3.05, 3.63) is 71.3 Å². The van der Waals surface area contributed by atoms with Crippen LogP contribution in [0.2, 0.25) is 0 Å². The molecule has 0 aromatic heterocycles. The number of hydrogen-bond acceptors (Lipinski definition) is 1. The highest BCUT2D eigenvalue weighted by molar-refractivity contribution is 5.96. The average Bonchev–Trinajstić information content (AvgIpc) is 2.93. The fourth-order valence-electron chi connectivity index (χ4n) is 4.17. The summed E-state index contributed by atoms with van der Waals surface area (Å²) in [7, 11) is 0. The van der Waals surface area contributed by atoms with Crippen molar-refractivity contribution < 1.29 is 4.79 Å². The molecule has 2 aliphatic rings. The van der Waals surface area contributed by atoms with Crippen LogP contribution in [0.5, 0.6) is 0 Å². The third-order valence-corrected chi connectivity index (χ3v) is 5.89. The number of nitrogens with zero attached hydrogens (tertiary/aromatic N) is 1. The normalized spacial score (nSPS) is 24.3. The highest BCUT2D eigenvalue weighted by atomic mass is 16.2. The number of hydrogen-bond donors (Lipinski definition) is 0. The second-order valence-corrected chi connectivity index (χ2v) is 7.56.